The van der Waals surface area contributed by atoms with Gasteiger partial charge in [0.25, 0.3) is 5.91 Å². The Kier molecular flexibility index (Phi) is 6.08. The summed E-state index contributed by atoms with van der Waals surface area (Å²) in [6.07, 6.45) is 0. The lowest BCUT2D eigenvalue weighted by molar-refractivity contribution is -0.125. The summed E-state index contributed by atoms with van der Waals surface area (Å²) in [5, 5.41) is 7.43. The molecule has 1 aromatic carbocycles. The van der Waals surface area contributed by atoms with Crippen LogP contribution in [0.25, 0.3) is 0 Å². The normalized spacial score (nSPS) is 9.53. The molecule has 0 spiro atoms. The zero-order chi connectivity index (χ0) is 14.1. The number of benzene rings is 1. The molecule has 1 aromatic rings. The van der Waals surface area contributed by atoms with Crippen LogP contribution in [0.3, 0.4) is 0 Å². The van der Waals surface area contributed by atoms with E-state index in [0.29, 0.717) is 12.1 Å². The van der Waals surface area contributed by atoms with Crippen LogP contribution in [0.1, 0.15) is 17.3 Å². The average molecular weight is 263 g/mol. The summed E-state index contributed by atoms with van der Waals surface area (Å²) in [5.41, 5.74) is 0.485. The van der Waals surface area contributed by atoms with Crippen LogP contribution in [-0.2, 0) is 9.59 Å². The Morgan fingerprint density at radius 1 is 0.895 bits per heavy atom. The summed E-state index contributed by atoms with van der Waals surface area (Å²) in [7, 11) is 0. The molecule has 102 valence electrons. The first kappa shape index (κ1) is 14.7. The Bertz CT molecular complexity index is 446. The molecule has 0 saturated carbocycles. The Morgan fingerprint density at radius 2 is 1.47 bits per heavy atom. The van der Waals surface area contributed by atoms with E-state index < -0.39 is 5.91 Å². The third kappa shape index (κ3) is 5.67. The molecule has 6 nitrogen and oxygen atoms in total. The number of hydrogen-bond donors (Lipinski definition) is 3. The first-order valence-electron chi connectivity index (χ1n) is 6.00. The van der Waals surface area contributed by atoms with Gasteiger partial charge in [0, 0.05) is 12.1 Å². The van der Waals surface area contributed by atoms with Crippen LogP contribution in [0.4, 0.5) is 0 Å². The van der Waals surface area contributed by atoms with Crippen molar-refractivity contribution in [3.05, 3.63) is 35.9 Å². The van der Waals surface area contributed by atoms with Crippen molar-refractivity contribution in [1.29, 1.82) is 0 Å². The highest BCUT2D eigenvalue weighted by molar-refractivity contribution is 5.96. The van der Waals surface area contributed by atoms with E-state index >= 15 is 0 Å². The van der Waals surface area contributed by atoms with Crippen molar-refractivity contribution in [1.82, 2.24) is 16.0 Å². The number of likely N-dealkylation sites (N-methyl/N-ethyl adjacent to an activating group) is 1. The van der Waals surface area contributed by atoms with Gasteiger partial charge in [-0.2, -0.15) is 0 Å². The Morgan fingerprint density at radius 3 is 2.11 bits per heavy atom. The molecule has 0 radical (unpaired) electrons. The second kappa shape index (κ2) is 7.86. The molecule has 0 aromatic heterocycles. The van der Waals surface area contributed by atoms with Crippen LogP contribution in [0.5, 0.6) is 0 Å². The van der Waals surface area contributed by atoms with Gasteiger partial charge in [-0.25, -0.2) is 0 Å². The van der Waals surface area contributed by atoms with Gasteiger partial charge in [0.15, 0.2) is 0 Å². The first-order chi connectivity index (χ1) is 9.13. The van der Waals surface area contributed by atoms with Crippen LogP contribution in [0, 0.1) is 0 Å². The highest BCUT2D eigenvalue weighted by atomic mass is 16.2. The van der Waals surface area contributed by atoms with E-state index in [2.05, 4.69) is 16.0 Å². The summed E-state index contributed by atoms with van der Waals surface area (Å²) in [6.45, 7) is 2.06. The van der Waals surface area contributed by atoms with Gasteiger partial charge in [-0.15, -0.1) is 0 Å². The van der Waals surface area contributed by atoms with E-state index in [1.54, 1.807) is 37.3 Å². The van der Waals surface area contributed by atoms with Crippen LogP contribution in [-0.4, -0.2) is 37.4 Å². The van der Waals surface area contributed by atoms with Crippen molar-refractivity contribution >= 4 is 17.7 Å². The van der Waals surface area contributed by atoms with Gasteiger partial charge >= 0.3 is 0 Å². The molecule has 0 aliphatic heterocycles. The number of carbonyl (C=O) groups excluding carboxylic acids is 3. The van der Waals surface area contributed by atoms with E-state index in [4.69, 9.17) is 0 Å². The summed E-state index contributed by atoms with van der Waals surface area (Å²) in [5.74, 6) is -0.991. The van der Waals surface area contributed by atoms with Crippen LogP contribution in [0.2, 0.25) is 0 Å². The number of amides is 3. The first-order valence-corrected chi connectivity index (χ1v) is 6.00. The van der Waals surface area contributed by atoms with Gasteiger partial charge in [-0.3, -0.25) is 14.4 Å². The molecule has 1 rings (SSSR count). The number of hydrogen-bond acceptors (Lipinski definition) is 3. The average Bonchev–Trinajstić information content (AvgIpc) is 2.44. The van der Waals surface area contributed by atoms with Crippen molar-refractivity contribution in [2.24, 2.45) is 0 Å². The van der Waals surface area contributed by atoms with E-state index in [0.717, 1.165) is 0 Å². The minimum atomic E-state index is -0.407. The maximum atomic E-state index is 11.6. The topological polar surface area (TPSA) is 87.3 Å². The van der Waals surface area contributed by atoms with E-state index in [9.17, 15) is 14.4 Å². The zero-order valence-corrected chi connectivity index (χ0v) is 10.7. The summed E-state index contributed by atoms with van der Waals surface area (Å²) >= 11 is 0. The Labute approximate surface area is 111 Å². The summed E-state index contributed by atoms with van der Waals surface area (Å²) < 4.78 is 0. The van der Waals surface area contributed by atoms with Crippen molar-refractivity contribution in [2.75, 3.05) is 19.6 Å². The molecule has 6 heteroatoms. The van der Waals surface area contributed by atoms with Crippen LogP contribution < -0.4 is 16.0 Å². The minimum absolute atomic E-state index is 0.0894. The van der Waals surface area contributed by atoms with Crippen molar-refractivity contribution in [3.8, 4) is 0 Å². The van der Waals surface area contributed by atoms with E-state index in [-0.39, 0.29) is 24.9 Å². The molecule has 0 aliphatic carbocycles. The molecule has 0 unspecified atom stereocenters. The summed E-state index contributed by atoms with van der Waals surface area (Å²) in [4.78, 5) is 34.1. The largest absolute Gasteiger partial charge is 0.355 e. The Balaban J connectivity index is 2.27. The van der Waals surface area contributed by atoms with Gasteiger partial charge in [0.1, 0.15) is 0 Å². The standard InChI is InChI=1S/C13H17N3O3/c1-2-14-11(17)8-15-12(18)9-16-13(19)10-6-4-3-5-7-10/h3-7H,2,8-9H2,1H3,(H,14,17)(H,15,18)(H,16,19). The predicted octanol–water partition coefficient (Wildman–Crippen LogP) is -0.331. The van der Waals surface area contributed by atoms with Crippen molar-refractivity contribution < 1.29 is 14.4 Å². The molecule has 3 N–H and O–H groups in total. The van der Waals surface area contributed by atoms with Crippen LogP contribution >= 0.6 is 0 Å². The molecule has 0 heterocycles. The fraction of sp³-hybridized carbons (Fsp3) is 0.308. The second-order valence-electron chi connectivity index (χ2n) is 3.78. The van der Waals surface area contributed by atoms with E-state index in [1.165, 1.54) is 0 Å². The van der Waals surface area contributed by atoms with Crippen molar-refractivity contribution in [3.63, 3.8) is 0 Å². The van der Waals surface area contributed by atoms with Crippen molar-refractivity contribution in [2.45, 2.75) is 6.92 Å². The fourth-order valence-electron chi connectivity index (χ4n) is 1.35. The maximum absolute atomic E-state index is 11.6. The lowest BCUT2D eigenvalue weighted by Crippen LogP contribution is -2.41. The van der Waals surface area contributed by atoms with E-state index in [1.807, 2.05) is 0 Å². The molecule has 0 aliphatic rings. The molecule has 3 amide bonds. The Hall–Kier alpha value is -2.37. The molecular weight excluding hydrogens is 246 g/mol. The lowest BCUT2D eigenvalue weighted by atomic mass is 10.2. The quantitative estimate of drug-likeness (QED) is 0.656. The predicted molar refractivity (Wildman–Crippen MR) is 70.5 cm³/mol. The highest BCUT2D eigenvalue weighted by Gasteiger charge is 2.08. The third-order valence-electron chi connectivity index (χ3n) is 2.27. The van der Waals surface area contributed by atoms with Crippen LogP contribution in [0.15, 0.2) is 30.3 Å². The van der Waals surface area contributed by atoms with Gasteiger partial charge < -0.3 is 16.0 Å². The van der Waals surface area contributed by atoms with Gasteiger partial charge in [0.05, 0.1) is 13.1 Å². The highest BCUT2D eigenvalue weighted by Crippen LogP contribution is 1.96. The molecule has 0 saturated heterocycles. The van der Waals surface area contributed by atoms with Gasteiger partial charge in [-0.05, 0) is 19.1 Å². The lowest BCUT2D eigenvalue weighted by Gasteiger charge is -2.06. The molecule has 0 bridgehead atoms. The monoisotopic (exact) mass is 263 g/mol. The molecule has 0 fully saturated rings. The number of rotatable bonds is 6. The van der Waals surface area contributed by atoms with Gasteiger partial charge in [-0.1, -0.05) is 18.2 Å². The minimum Gasteiger partial charge on any atom is -0.355 e. The summed E-state index contributed by atoms with van der Waals surface area (Å²) in [6, 6.07) is 8.59. The van der Waals surface area contributed by atoms with Gasteiger partial charge in [0.2, 0.25) is 11.8 Å². The maximum Gasteiger partial charge on any atom is 0.251 e. The SMILES string of the molecule is CCNC(=O)CNC(=O)CNC(=O)c1ccccc1. The fourth-order valence-corrected chi connectivity index (χ4v) is 1.35. The zero-order valence-electron chi connectivity index (χ0n) is 10.7. The number of nitrogens with one attached hydrogen (secondary N) is 3. The number of carbonyl (C=O) groups is 3. The molecule has 19 heavy (non-hydrogen) atoms. The smallest absolute Gasteiger partial charge is 0.251 e. The molecule has 0 atom stereocenters. The third-order valence-corrected chi connectivity index (χ3v) is 2.27. The second-order valence-corrected chi connectivity index (χ2v) is 3.78. The molecular formula is C13H17N3O3.